The van der Waals surface area contributed by atoms with Gasteiger partial charge in [0.05, 0.1) is 17.5 Å². The molecule has 45 heavy (non-hydrogen) atoms. The summed E-state index contributed by atoms with van der Waals surface area (Å²) < 4.78 is 22.2. The number of fused-ring (bicyclic) bond motifs is 2. The summed E-state index contributed by atoms with van der Waals surface area (Å²) in [5, 5.41) is 7.50. The van der Waals surface area contributed by atoms with Gasteiger partial charge in [0, 0.05) is 42.6 Å². The molecule has 248 valence electrons. The molecule has 2 bridgehead atoms. The van der Waals surface area contributed by atoms with E-state index in [-0.39, 0.29) is 34.8 Å². The van der Waals surface area contributed by atoms with Crippen molar-refractivity contribution in [3.05, 3.63) is 70.3 Å². The number of carbonyl (C=O) groups excluding carboxylic acids is 2. The summed E-state index contributed by atoms with van der Waals surface area (Å²) in [6.45, 7) is 12.1. The molecule has 2 heterocycles. The smallest absolute Gasteiger partial charge is 0.263 e. The number of nitrogens with zero attached hydrogens (tertiary/aromatic N) is 1. The highest BCUT2D eigenvalue weighted by atomic mass is 35.5. The van der Waals surface area contributed by atoms with E-state index in [1.165, 1.54) is 11.1 Å². The topological polar surface area (TPSA) is 95.9 Å². The van der Waals surface area contributed by atoms with Gasteiger partial charge in [0.25, 0.3) is 5.91 Å². The number of ether oxygens (including phenoxy) is 1. The molecule has 2 aromatic rings. The van der Waals surface area contributed by atoms with Crippen molar-refractivity contribution in [2.24, 2.45) is 23.7 Å². The lowest BCUT2D eigenvalue weighted by Crippen LogP contribution is -2.42. The van der Waals surface area contributed by atoms with E-state index in [1.807, 2.05) is 52.0 Å². The molecule has 7 atom stereocenters. The molecule has 0 saturated heterocycles. The van der Waals surface area contributed by atoms with E-state index in [4.69, 9.17) is 21.4 Å². The third kappa shape index (κ3) is 8.99. The first kappa shape index (κ1) is 36.8. The van der Waals surface area contributed by atoms with Gasteiger partial charge in [-0.05, 0) is 91.8 Å². The van der Waals surface area contributed by atoms with Crippen molar-refractivity contribution in [1.82, 2.24) is 4.72 Å². The number of aliphatic hydroxyl groups excluding tert-OH is 1. The molecule has 0 aromatic heterocycles. The van der Waals surface area contributed by atoms with Gasteiger partial charge in [0.2, 0.25) is 0 Å². The normalized spacial score (nSPS) is 28.6. The molecule has 2 aromatic carbocycles. The molecule has 3 aliphatic rings. The Morgan fingerprint density at radius 2 is 1.87 bits per heavy atom. The number of carbonyl (C=O) groups is 2. The summed E-state index contributed by atoms with van der Waals surface area (Å²) in [6, 6.07) is 11.6. The minimum absolute atomic E-state index is 0.0862. The maximum Gasteiger partial charge on any atom is 0.263 e. The Hall–Kier alpha value is -2.68. The molecule has 1 fully saturated rings. The van der Waals surface area contributed by atoms with Crippen LogP contribution < -0.4 is 14.4 Å². The number of allylic oxidation sites excluding steroid dienone is 2. The summed E-state index contributed by atoms with van der Waals surface area (Å²) in [7, 11) is -0.541. The number of nitrogens with one attached hydrogen (secondary N) is 1. The molecule has 0 radical (unpaired) electrons. The number of benzene rings is 2. The molecule has 1 amide bonds. The van der Waals surface area contributed by atoms with E-state index in [0.29, 0.717) is 24.5 Å². The van der Waals surface area contributed by atoms with Gasteiger partial charge in [-0.1, -0.05) is 63.9 Å². The van der Waals surface area contributed by atoms with Crippen LogP contribution in [0.25, 0.3) is 0 Å². The van der Waals surface area contributed by atoms with Crippen molar-refractivity contribution in [3.8, 4) is 5.75 Å². The summed E-state index contributed by atoms with van der Waals surface area (Å²) in [6.07, 6.45) is 9.95. The molecule has 9 heteroatoms. The molecule has 0 spiro atoms. The average molecular weight is 659 g/mol. The second kappa shape index (κ2) is 17.9. The minimum Gasteiger partial charge on any atom is -0.491 e. The molecule has 2 aliphatic heterocycles. The highest BCUT2D eigenvalue weighted by Crippen LogP contribution is 2.44. The van der Waals surface area contributed by atoms with Crippen molar-refractivity contribution < 1.29 is 23.6 Å². The summed E-state index contributed by atoms with van der Waals surface area (Å²) in [4.78, 5) is 27.8. The average Bonchev–Trinajstić information content (AvgIpc) is 3.22. The quantitative estimate of drug-likeness (QED) is 0.268. The van der Waals surface area contributed by atoms with Crippen LogP contribution in [0, 0.1) is 23.7 Å². The number of hydrogen-bond donors (Lipinski definition) is 2. The van der Waals surface area contributed by atoms with Crippen molar-refractivity contribution in [3.63, 3.8) is 0 Å². The third-order valence-electron chi connectivity index (χ3n) is 9.29. The van der Waals surface area contributed by atoms with E-state index in [0.717, 1.165) is 68.6 Å². The van der Waals surface area contributed by atoms with Gasteiger partial charge in [-0.25, -0.2) is 4.21 Å². The fourth-order valence-corrected chi connectivity index (χ4v) is 7.67. The lowest BCUT2D eigenvalue weighted by molar-refractivity contribution is -0.112. The largest absolute Gasteiger partial charge is 0.491 e. The Bertz CT molecular complexity index is 1330. The Kier molecular flexibility index (Phi) is 14.6. The number of aryl methyl sites for hydroxylation is 1. The number of hydrogen-bond acceptors (Lipinski definition) is 6. The second-order valence-electron chi connectivity index (χ2n) is 12.0. The molecule has 7 unspecified atom stereocenters. The van der Waals surface area contributed by atoms with E-state index in [9.17, 15) is 13.8 Å². The summed E-state index contributed by atoms with van der Waals surface area (Å²) >= 11 is 6.39. The van der Waals surface area contributed by atoms with Crippen LogP contribution >= 0.6 is 11.6 Å². The Morgan fingerprint density at radius 1 is 1.11 bits per heavy atom. The molecular formula is C36H51ClN2O5S. The SMILES string of the molecule is CC.CCCc1cc(Cl)ccc1C1COc2ccc3cc2N(C1)CC1CCC1C(C=O)/C=C/CC(C)C(C)S(=O)NC3=O.CO. The van der Waals surface area contributed by atoms with Crippen LogP contribution in [-0.2, 0) is 22.2 Å². The van der Waals surface area contributed by atoms with Gasteiger partial charge in [-0.3, -0.25) is 9.52 Å². The lowest BCUT2D eigenvalue weighted by atomic mass is 9.67. The van der Waals surface area contributed by atoms with Crippen molar-refractivity contribution in [1.29, 1.82) is 0 Å². The molecule has 5 rings (SSSR count). The van der Waals surface area contributed by atoms with Crippen LogP contribution in [0.2, 0.25) is 5.02 Å². The number of aldehydes is 1. The van der Waals surface area contributed by atoms with Crippen LogP contribution in [0.4, 0.5) is 5.69 Å². The van der Waals surface area contributed by atoms with E-state index in [2.05, 4.69) is 34.8 Å². The third-order valence-corrected chi connectivity index (χ3v) is 11.0. The van der Waals surface area contributed by atoms with Gasteiger partial charge < -0.3 is 19.5 Å². The number of halogens is 1. The van der Waals surface area contributed by atoms with Crippen LogP contribution in [-0.4, -0.2) is 53.6 Å². The summed E-state index contributed by atoms with van der Waals surface area (Å²) in [5.41, 5.74) is 3.82. The van der Waals surface area contributed by atoms with E-state index in [1.54, 1.807) is 6.07 Å². The Balaban J connectivity index is 0.00000133. The maximum atomic E-state index is 13.3. The highest BCUT2D eigenvalue weighted by Gasteiger charge is 2.38. The first-order chi connectivity index (χ1) is 21.8. The Labute approximate surface area is 277 Å². The molecule has 2 N–H and O–H groups in total. The van der Waals surface area contributed by atoms with Gasteiger partial charge in [0.1, 0.15) is 23.0 Å². The Morgan fingerprint density at radius 3 is 2.53 bits per heavy atom. The first-order valence-corrected chi connectivity index (χ1v) is 18.0. The van der Waals surface area contributed by atoms with E-state index < -0.39 is 11.0 Å². The number of aliphatic hydroxyl groups is 1. The predicted molar refractivity (Wildman–Crippen MR) is 186 cm³/mol. The first-order valence-electron chi connectivity index (χ1n) is 16.4. The lowest BCUT2D eigenvalue weighted by Gasteiger charge is -2.43. The second-order valence-corrected chi connectivity index (χ2v) is 14.0. The fourth-order valence-electron chi connectivity index (χ4n) is 6.45. The zero-order valence-corrected chi connectivity index (χ0v) is 29.2. The molecule has 1 saturated carbocycles. The summed E-state index contributed by atoms with van der Waals surface area (Å²) in [5.74, 6) is 1.09. The monoisotopic (exact) mass is 658 g/mol. The van der Waals surface area contributed by atoms with Gasteiger partial charge >= 0.3 is 0 Å². The zero-order valence-electron chi connectivity index (χ0n) is 27.6. The molecular weight excluding hydrogens is 608 g/mol. The maximum absolute atomic E-state index is 13.3. The standard InChI is InChI=1S/C33H41ClN2O4S.C2H6.CH4O/c1-4-6-23-15-28(34)11-13-29(23)27-18-36-17-25-9-12-30(25)26(19-37)8-5-7-21(2)22(3)41(39)35-33(38)24-10-14-32(40-20-27)31(36)16-24;2*1-2/h5,8,10-11,13-16,19,21-22,25-27,30H,4,6-7,9,12,17-18,20H2,1-3H3,(H,35,38);1-2H3;2H,1H3/b8-5+;;. The molecule has 7 nitrogen and oxygen atoms in total. The van der Waals surface area contributed by atoms with Crippen molar-refractivity contribution in [2.45, 2.75) is 77.9 Å². The number of amides is 1. The number of rotatable bonds is 4. The van der Waals surface area contributed by atoms with E-state index >= 15 is 0 Å². The van der Waals surface area contributed by atoms with Gasteiger partial charge in [0.15, 0.2) is 0 Å². The highest BCUT2D eigenvalue weighted by molar-refractivity contribution is 7.84. The predicted octanol–water partition coefficient (Wildman–Crippen LogP) is 7.13. The molecule has 1 aliphatic carbocycles. The van der Waals surface area contributed by atoms with Gasteiger partial charge in [-0.2, -0.15) is 0 Å². The minimum atomic E-state index is -1.54. The fraction of sp³-hybridized carbons (Fsp3) is 0.556. The van der Waals surface area contributed by atoms with Crippen LogP contribution in [0.15, 0.2) is 48.6 Å². The number of anilines is 1. The van der Waals surface area contributed by atoms with Crippen molar-refractivity contribution in [2.75, 3.05) is 31.7 Å². The van der Waals surface area contributed by atoms with Crippen LogP contribution in [0.5, 0.6) is 5.75 Å². The van der Waals surface area contributed by atoms with Crippen LogP contribution in [0.3, 0.4) is 0 Å². The van der Waals surface area contributed by atoms with Crippen LogP contribution in [0.1, 0.15) is 87.7 Å². The van der Waals surface area contributed by atoms with Gasteiger partial charge in [-0.15, -0.1) is 0 Å². The zero-order chi connectivity index (χ0) is 33.1. The van der Waals surface area contributed by atoms with Crippen molar-refractivity contribution >= 4 is 40.5 Å².